The second-order valence-electron chi connectivity index (χ2n) is 9.20. The first-order chi connectivity index (χ1) is 10.2. The number of carbonyl (C=O) groups excluding carboxylic acids is 1. The van der Waals surface area contributed by atoms with Crippen LogP contribution in [0.3, 0.4) is 0 Å². The first-order valence-electron chi connectivity index (χ1n) is 8.38. The molecule has 1 aliphatic carbocycles. The average Bonchev–Trinajstić information content (AvgIpc) is 2.59. The Bertz CT molecular complexity index is 457. The van der Waals surface area contributed by atoms with Gasteiger partial charge in [-0.15, -0.1) is 0 Å². The van der Waals surface area contributed by atoms with Gasteiger partial charge in [-0.25, -0.2) is 0 Å². The van der Waals surface area contributed by atoms with Gasteiger partial charge in [0.15, 0.2) is 8.32 Å². The average molecular weight is 343 g/mol. The van der Waals surface area contributed by atoms with Gasteiger partial charge in [0, 0.05) is 12.3 Å². The Morgan fingerprint density at radius 3 is 2.22 bits per heavy atom. The fraction of sp³-hybridized carbons (Fsp3) is 0.833. The van der Waals surface area contributed by atoms with Crippen LogP contribution in [0, 0.1) is 11.3 Å². The molecule has 0 radical (unpaired) electrons. The summed E-state index contributed by atoms with van der Waals surface area (Å²) in [4.78, 5) is 12.0. The summed E-state index contributed by atoms with van der Waals surface area (Å²) in [5.74, 6) is -0.372. The van der Waals surface area contributed by atoms with Crippen LogP contribution < -0.4 is 0 Å². The van der Waals surface area contributed by atoms with E-state index in [1.54, 1.807) is 0 Å². The molecule has 1 aliphatic rings. The Hall–Kier alpha value is -0.653. The van der Waals surface area contributed by atoms with Crippen molar-refractivity contribution in [2.45, 2.75) is 78.3 Å². The summed E-state index contributed by atoms with van der Waals surface area (Å²) in [7, 11) is -1.96. The molecular weight excluding hydrogens is 308 g/mol. The van der Waals surface area contributed by atoms with Crippen LogP contribution in [0.5, 0.6) is 0 Å². The van der Waals surface area contributed by atoms with E-state index in [0.29, 0.717) is 6.42 Å². The number of esters is 1. The molecule has 0 heterocycles. The molecule has 0 aliphatic heterocycles. The van der Waals surface area contributed by atoms with Gasteiger partial charge >= 0.3 is 5.97 Å². The van der Waals surface area contributed by atoms with Gasteiger partial charge in [0.25, 0.3) is 0 Å². The largest absolute Gasteiger partial charge is 0.465 e. The quantitative estimate of drug-likeness (QED) is 0.478. The maximum atomic E-state index is 12.0. The molecular formula is C18H34O4Si. The third-order valence-electron chi connectivity index (χ3n) is 5.07. The van der Waals surface area contributed by atoms with Crippen LogP contribution in [-0.4, -0.2) is 38.2 Å². The third-order valence-corrected chi connectivity index (χ3v) is 9.57. The fourth-order valence-electron chi connectivity index (χ4n) is 2.30. The van der Waals surface area contributed by atoms with Crippen LogP contribution >= 0.6 is 0 Å². The zero-order valence-corrected chi connectivity index (χ0v) is 17.0. The number of aliphatic hydroxyl groups excluding tert-OH is 1. The van der Waals surface area contributed by atoms with Gasteiger partial charge in [-0.1, -0.05) is 27.4 Å². The Balaban J connectivity index is 2.82. The first-order valence-corrected chi connectivity index (χ1v) is 11.3. The molecule has 134 valence electrons. The molecule has 0 unspecified atom stereocenters. The minimum atomic E-state index is -1.96. The van der Waals surface area contributed by atoms with Crippen LogP contribution in [0.2, 0.25) is 18.1 Å². The number of ether oxygens (including phenoxy) is 1. The summed E-state index contributed by atoms with van der Waals surface area (Å²) < 4.78 is 11.9. The van der Waals surface area contributed by atoms with E-state index in [1.165, 1.54) is 0 Å². The maximum Gasteiger partial charge on any atom is 0.311 e. The van der Waals surface area contributed by atoms with Crippen molar-refractivity contribution in [3.63, 3.8) is 0 Å². The molecule has 0 amide bonds. The Kier molecular flexibility index (Phi) is 5.93. The van der Waals surface area contributed by atoms with Gasteiger partial charge in [-0.2, -0.15) is 0 Å². The van der Waals surface area contributed by atoms with E-state index in [-0.39, 0.29) is 29.6 Å². The molecule has 0 spiro atoms. The normalized spacial score (nSPS) is 26.5. The summed E-state index contributed by atoms with van der Waals surface area (Å²) in [6, 6.07) is 0. The minimum Gasteiger partial charge on any atom is -0.465 e. The van der Waals surface area contributed by atoms with E-state index < -0.39 is 19.8 Å². The van der Waals surface area contributed by atoms with E-state index in [9.17, 15) is 9.90 Å². The van der Waals surface area contributed by atoms with Crippen LogP contribution in [0.15, 0.2) is 12.2 Å². The van der Waals surface area contributed by atoms with Crippen molar-refractivity contribution >= 4 is 14.3 Å². The SMILES string of the molecule is C=C1[C@H](O)C[C@H](O[Si](C)(C)C(C)(C)C)[C@H]1COC(=O)C(C)(C)C. The van der Waals surface area contributed by atoms with Crippen molar-refractivity contribution in [3.8, 4) is 0 Å². The molecule has 4 nitrogen and oxygen atoms in total. The lowest BCUT2D eigenvalue weighted by Gasteiger charge is -2.39. The lowest BCUT2D eigenvalue weighted by Crippen LogP contribution is -2.45. The zero-order valence-electron chi connectivity index (χ0n) is 16.0. The summed E-state index contributed by atoms with van der Waals surface area (Å²) in [6.07, 6.45) is -0.183. The fourth-order valence-corrected chi connectivity index (χ4v) is 3.67. The van der Waals surface area contributed by atoms with Crippen molar-refractivity contribution in [3.05, 3.63) is 12.2 Å². The number of carbonyl (C=O) groups is 1. The predicted molar refractivity (Wildman–Crippen MR) is 95.7 cm³/mol. The number of hydrogen-bond donors (Lipinski definition) is 1. The van der Waals surface area contributed by atoms with Gasteiger partial charge < -0.3 is 14.3 Å². The predicted octanol–water partition coefficient (Wildman–Crippen LogP) is 3.90. The number of rotatable bonds is 4. The highest BCUT2D eigenvalue weighted by atomic mass is 28.4. The molecule has 5 heteroatoms. The summed E-state index contributed by atoms with van der Waals surface area (Å²) >= 11 is 0. The monoisotopic (exact) mass is 342 g/mol. The van der Waals surface area contributed by atoms with Gasteiger partial charge in [-0.05, 0) is 44.5 Å². The number of hydrogen-bond acceptors (Lipinski definition) is 4. The second kappa shape index (κ2) is 6.69. The molecule has 1 fully saturated rings. The van der Waals surface area contributed by atoms with E-state index in [0.717, 1.165) is 5.57 Å². The topological polar surface area (TPSA) is 55.8 Å². The van der Waals surface area contributed by atoms with Gasteiger partial charge in [0.2, 0.25) is 0 Å². The maximum absolute atomic E-state index is 12.0. The van der Waals surface area contributed by atoms with Crippen molar-refractivity contribution in [1.82, 2.24) is 0 Å². The van der Waals surface area contributed by atoms with Crippen molar-refractivity contribution in [2.24, 2.45) is 11.3 Å². The lowest BCUT2D eigenvalue weighted by atomic mass is 9.97. The highest BCUT2D eigenvalue weighted by molar-refractivity contribution is 6.74. The molecule has 0 aromatic carbocycles. The molecule has 0 bridgehead atoms. The molecule has 3 atom stereocenters. The molecule has 1 saturated carbocycles. The Morgan fingerprint density at radius 1 is 1.26 bits per heavy atom. The molecule has 1 rings (SSSR count). The second-order valence-corrected chi connectivity index (χ2v) is 14.0. The van der Waals surface area contributed by atoms with Gasteiger partial charge in [0.1, 0.15) is 6.61 Å². The molecule has 1 N–H and O–H groups in total. The molecule has 0 aromatic rings. The summed E-state index contributed by atoms with van der Waals surface area (Å²) in [6.45, 7) is 20.7. The van der Waals surface area contributed by atoms with E-state index in [4.69, 9.17) is 9.16 Å². The van der Waals surface area contributed by atoms with E-state index >= 15 is 0 Å². The molecule has 0 saturated heterocycles. The third kappa shape index (κ3) is 4.91. The van der Waals surface area contributed by atoms with Crippen LogP contribution in [0.25, 0.3) is 0 Å². The molecule has 0 aromatic heterocycles. The smallest absolute Gasteiger partial charge is 0.311 e. The summed E-state index contributed by atoms with van der Waals surface area (Å²) in [5.41, 5.74) is 0.185. The van der Waals surface area contributed by atoms with Crippen molar-refractivity contribution < 1.29 is 19.1 Å². The lowest BCUT2D eigenvalue weighted by molar-refractivity contribution is -0.154. The van der Waals surface area contributed by atoms with Crippen molar-refractivity contribution in [2.75, 3.05) is 6.61 Å². The number of aliphatic hydroxyl groups is 1. The van der Waals surface area contributed by atoms with E-state index in [2.05, 4.69) is 40.4 Å². The Labute approximate surface area is 142 Å². The van der Waals surface area contributed by atoms with E-state index in [1.807, 2.05) is 20.8 Å². The molecule has 23 heavy (non-hydrogen) atoms. The highest BCUT2D eigenvalue weighted by Gasteiger charge is 2.45. The van der Waals surface area contributed by atoms with Gasteiger partial charge in [0.05, 0.1) is 17.6 Å². The zero-order chi connectivity index (χ0) is 18.2. The first kappa shape index (κ1) is 20.4. The van der Waals surface area contributed by atoms with Crippen LogP contribution in [-0.2, 0) is 14.0 Å². The van der Waals surface area contributed by atoms with Crippen molar-refractivity contribution in [1.29, 1.82) is 0 Å². The summed E-state index contributed by atoms with van der Waals surface area (Å²) in [5, 5.41) is 10.3. The van der Waals surface area contributed by atoms with Gasteiger partial charge in [-0.3, -0.25) is 4.79 Å². The van der Waals surface area contributed by atoms with Crippen LogP contribution in [0.4, 0.5) is 0 Å². The Morgan fingerprint density at radius 2 is 1.78 bits per heavy atom. The highest BCUT2D eigenvalue weighted by Crippen LogP contribution is 2.42. The minimum absolute atomic E-state index is 0.0918. The van der Waals surface area contributed by atoms with Crippen LogP contribution in [0.1, 0.15) is 48.0 Å². The standard InChI is InChI=1S/C18H34O4Si/c1-12-13(11-21-16(20)17(2,3)4)15(10-14(12)19)22-23(8,9)18(5,6)7/h13-15,19H,1,10-11H2,2-9H3/t13-,14+,15-/m0/s1.